The van der Waals surface area contributed by atoms with Crippen molar-refractivity contribution in [3.63, 3.8) is 0 Å². The van der Waals surface area contributed by atoms with Gasteiger partial charge in [0.1, 0.15) is 10.8 Å². The number of hydrogen-bond donors (Lipinski definition) is 1. The number of nitrogens with one attached hydrogen (secondary N) is 1. The predicted octanol–water partition coefficient (Wildman–Crippen LogP) is 3.24. The number of sulfonamides is 1. The Kier molecular flexibility index (Phi) is 7.58. The molecule has 1 amide bonds. The number of esters is 1. The van der Waals surface area contributed by atoms with Crippen LogP contribution in [-0.4, -0.2) is 52.9 Å². The fourth-order valence-electron chi connectivity index (χ4n) is 3.73. The molecular weight excluding hydrogens is 452 g/mol. The molecule has 0 saturated carbocycles. The van der Waals surface area contributed by atoms with E-state index in [1.807, 2.05) is 0 Å². The van der Waals surface area contributed by atoms with Crippen LogP contribution in [0.1, 0.15) is 45.6 Å². The highest BCUT2D eigenvalue weighted by Gasteiger charge is 2.27. The van der Waals surface area contributed by atoms with Gasteiger partial charge in [-0.25, -0.2) is 17.5 Å². The molecule has 0 aliphatic heterocycles. The van der Waals surface area contributed by atoms with Crippen LogP contribution in [-0.2, 0) is 38.8 Å². The zero-order valence-corrected chi connectivity index (χ0v) is 20.3. The molecule has 32 heavy (non-hydrogen) atoms. The van der Waals surface area contributed by atoms with Gasteiger partial charge in [-0.05, 0) is 61.4 Å². The molecule has 0 bridgehead atoms. The van der Waals surface area contributed by atoms with Crippen LogP contribution in [0.2, 0.25) is 0 Å². The number of rotatable bonds is 8. The maximum atomic E-state index is 12.7. The van der Waals surface area contributed by atoms with Gasteiger partial charge in [-0.1, -0.05) is 0 Å². The van der Waals surface area contributed by atoms with Crippen LogP contribution in [0.5, 0.6) is 5.75 Å². The molecule has 2 aromatic rings. The van der Waals surface area contributed by atoms with E-state index >= 15 is 0 Å². The second-order valence-corrected chi connectivity index (χ2v) is 11.0. The van der Waals surface area contributed by atoms with Crippen LogP contribution in [0.15, 0.2) is 23.1 Å². The number of carbonyl (C=O) groups is 2. The van der Waals surface area contributed by atoms with Gasteiger partial charge in [0.2, 0.25) is 15.9 Å². The molecule has 0 radical (unpaired) electrons. The molecule has 3 rings (SSSR count). The third kappa shape index (κ3) is 4.97. The van der Waals surface area contributed by atoms with Crippen LogP contribution in [0.25, 0.3) is 0 Å². The molecule has 8 nitrogen and oxygen atoms in total. The maximum absolute atomic E-state index is 12.7. The molecular formula is C22H28N2O6S2. The average molecular weight is 481 g/mol. The van der Waals surface area contributed by atoms with Gasteiger partial charge >= 0.3 is 5.97 Å². The van der Waals surface area contributed by atoms with E-state index in [9.17, 15) is 18.0 Å². The zero-order chi connectivity index (χ0) is 23.5. The van der Waals surface area contributed by atoms with Crippen LogP contribution in [0, 0.1) is 0 Å². The number of nitrogens with zero attached hydrogens (tertiary/aromatic N) is 1. The number of carbonyl (C=O) groups excluding carboxylic acids is 2. The van der Waals surface area contributed by atoms with Gasteiger partial charge in [0.05, 0.1) is 24.7 Å². The third-order valence-corrected chi connectivity index (χ3v) is 8.48. The van der Waals surface area contributed by atoms with E-state index in [0.717, 1.165) is 40.4 Å². The number of benzene rings is 1. The third-order valence-electron chi connectivity index (χ3n) is 5.47. The number of ether oxygens (including phenoxy) is 2. The minimum Gasteiger partial charge on any atom is -0.496 e. The van der Waals surface area contributed by atoms with Crippen LogP contribution >= 0.6 is 11.3 Å². The average Bonchev–Trinajstić information content (AvgIpc) is 3.14. The van der Waals surface area contributed by atoms with Gasteiger partial charge in [0.15, 0.2) is 0 Å². The molecule has 1 N–H and O–H groups in total. The minimum absolute atomic E-state index is 0.102. The molecule has 0 atom stereocenters. The van der Waals surface area contributed by atoms with Crippen molar-refractivity contribution in [3.05, 3.63) is 39.8 Å². The Balaban J connectivity index is 1.79. The van der Waals surface area contributed by atoms with Gasteiger partial charge < -0.3 is 14.8 Å². The number of amides is 1. The zero-order valence-electron chi connectivity index (χ0n) is 18.7. The fourth-order valence-corrected chi connectivity index (χ4v) is 5.98. The van der Waals surface area contributed by atoms with Crippen molar-refractivity contribution in [2.75, 3.05) is 33.6 Å². The molecule has 1 aromatic heterocycles. The summed E-state index contributed by atoms with van der Waals surface area (Å²) in [6, 6.07) is 4.61. The minimum atomic E-state index is -3.60. The summed E-state index contributed by atoms with van der Waals surface area (Å²) in [5.41, 5.74) is 2.05. The van der Waals surface area contributed by atoms with Gasteiger partial charge in [0.25, 0.3) is 0 Å². The van der Waals surface area contributed by atoms with Crippen molar-refractivity contribution >= 4 is 38.2 Å². The Hall–Kier alpha value is -2.43. The molecule has 0 fully saturated rings. The Morgan fingerprint density at radius 3 is 2.53 bits per heavy atom. The highest BCUT2D eigenvalue weighted by molar-refractivity contribution is 7.89. The fraction of sp³-hybridized carbons (Fsp3) is 0.455. The van der Waals surface area contributed by atoms with Crippen molar-refractivity contribution in [2.45, 2.75) is 43.4 Å². The van der Waals surface area contributed by atoms with Crippen molar-refractivity contribution in [1.82, 2.24) is 4.31 Å². The molecule has 0 saturated heterocycles. The number of methoxy groups -OCH3 is 2. The summed E-state index contributed by atoms with van der Waals surface area (Å²) in [6.07, 6.45) is 4.15. The predicted molar refractivity (Wildman–Crippen MR) is 123 cm³/mol. The van der Waals surface area contributed by atoms with Gasteiger partial charge in [-0.15, -0.1) is 11.3 Å². The van der Waals surface area contributed by atoms with E-state index < -0.39 is 16.0 Å². The topological polar surface area (TPSA) is 102 Å². The van der Waals surface area contributed by atoms with E-state index in [2.05, 4.69) is 5.32 Å². The molecule has 0 spiro atoms. The molecule has 1 heterocycles. The van der Waals surface area contributed by atoms with E-state index in [1.54, 1.807) is 6.07 Å². The first kappa shape index (κ1) is 24.2. The van der Waals surface area contributed by atoms with Gasteiger partial charge in [-0.3, -0.25) is 4.79 Å². The summed E-state index contributed by atoms with van der Waals surface area (Å²) < 4.78 is 36.3. The molecule has 1 aliphatic rings. The largest absolute Gasteiger partial charge is 0.496 e. The monoisotopic (exact) mass is 480 g/mol. The smallest absolute Gasteiger partial charge is 0.341 e. The Morgan fingerprint density at radius 2 is 1.88 bits per heavy atom. The second kappa shape index (κ2) is 10.0. The second-order valence-electron chi connectivity index (χ2n) is 7.72. The summed E-state index contributed by atoms with van der Waals surface area (Å²) in [4.78, 5) is 26.3. The van der Waals surface area contributed by atoms with Crippen LogP contribution in [0.4, 0.5) is 5.00 Å². The maximum Gasteiger partial charge on any atom is 0.341 e. The SMILES string of the molecule is COC(=O)c1c(NC(=O)CCc2cc(S(=O)(=O)N(C)C)ccc2OC)sc2c1CCCC2. The molecule has 174 valence electrons. The molecule has 1 aromatic carbocycles. The summed E-state index contributed by atoms with van der Waals surface area (Å²) in [7, 11) is 2.16. The van der Waals surface area contributed by atoms with Gasteiger partial charge in [-0.2, -0.15) is 0 Å². The summed E-state index contributed by atoms with van der Waals surface area (Å²) in [6.45, 7) is 0. The van der Waals surface area contributed by atoms with Crippen molar-refractivity contribution in [2.24, 2.45) is 0 Å². The van der Waals surface area contributed by atoms with E-state index in [0.29, 0.717) is 21.9 Å². The lowest BCUT2D eigenvalue weighted by Crippen LogP contribution is -2.22. The van der Waals surface area contributed by atoms with Crippen molar-refractivity contribution in [1.29, 1.82) is 0 Å². The lowest BCUT2D eigenvalue weighted by atomic mass is 9.95. The highest BCUT2D eigenvalue weighted by Crippen LogP contribution is 2.38. The summed E-state index contributed by atoms with van der Waals surface area (Å²) >= 11 is 1.43. The first-order chi connectivity index (χ1) is 15.2. The summed E-state index contributed by atoms with van der Waals surface area (Å²) in [5, 5.41) is 3.38. The molecule has 0 unspecified atom stereocenters. The highest BCUT2D eigenvalue weighted by atomic mass is 32.2. The Bertz CT molecular complexity index is 1120. The van der Waals surface area contributed by atoms with E-state index in [1.165, 1.54) is 51.8 Å². The molecule has 1 aliphatic carbocycles. The van der Waals surface area contributed by atoms with Gasteiger partial charge in [0, 0.05) is 25.4 Å². The number of fused-ring (bicyclic) bond motifs is 1. The van der Waals surface area contributed by atoms with E-state index in [-0.39, 0.29) is 23.6 Å². The summed E-state index contributed by atoms with van der Waals surface area (Å²) in [5.74, 6) is -0.197. The normalized spacial score (nSPS) is 13.5. The number of hydrogen-bond acceptors (Lipinski definition) is 7. The van der Waals surface area contributed by atoms with E-state index in [4.69, 9.17) is 9.47 Å². The number of thiophene rings is 1. The first-order valence-corrected chi connectivity index (χ1v) is 12.6. The standard InChI is InChI=1S/C22H28N2O6S2/c1-24(2)32(27,28)15-10-11-17(29-3)14(13-15)9-12-19(25)23-21-20(22(26)30-4)16-7-5-6-8-18(16)31-21/h10-11,13H,5-9,12H2,1-4H3,(H,23,25). The number of aryl methyl sites for hydroxylation is 2. The van der Waals surface area contributed by atoms with Crippen molar-refractivity contribution < 1.29 is 27.5 Å². The Labute approximate surface area is 192 Å². The molecule has 10 heteroatoms. The van der Waals surface area contributed by atoms with Crippen LogP contribution in [0.3, 0.4) is 0 Å². The Morgan fingerprint density at radius 1 is 1.16 bits per heavy atom. The van der Waals surface area contributed by atoms with Crippen molar-refractivity contribution in [3.8, 4) is 5.75 Å². The lowest BCUT2D eigenvalue weighted by Gasteiger charge is -2.14. The first-order valence-electron chi connectivity index (χ1n) is 10.3. The lowest BCUT2D eigenvalue weighted by molar-refractivity contribution is -0.116. The number of anilines is 1. The van der Waals surface area contributed by atoms with Crippen LogP contribution < -0.4 is 10.1 Å². The quantitative estimate of drug-likeness (QED) is 0.582.